The second kappa shape index (κ2) is 5.34. The van der Waals surface area contributed by atoms with E-state index in [1.807, 2.05) is 6.92 Å². The summed E-state index contributed by atoms with van der Waals surface area (Å²) in [4.78, 5) is 0. The van der Waals surface area contributed by atoms with Crippen LogP contribution in [0.1, 0.15) is 66.7 Å². The zero-order chi connectivity index (χ0) is 16.3. The average molecular weight is 306 g/mol. The van der Waals surface area contributed by atoms with Gasteiger partial charge in [-0.05, 0) is 68.1 Å². The normalized spacial score (nSPS) is 52.0. The van der Waals surface area contributed by atoms with E-state index in [0.29, 0.717) is 30.1 Å². The third-order valence-electron chi connectivity index (χ3n) is 7.27. The van der Waals surface area contributed by atoms with Crippen LogP contribution in [0.25, 0.3) is 0 Å². The summed E-state index contributed by atoms with van der Waals surface area (Å²) in [6.07, 6.45) is 7.27. The van der Waals surface area contributed by atoms with Crippen molar-refractivity contribution < 1.29 is 10.2 Å². The van der Waals surface area contributed by atoms with E-state index in [4.69, 9.17) is 0 Å². The van der Waals surface area contributed by atoms with Crippen molar-refractivity contribution in [3.05, 3.63) is 11.6 Å². The van der Waals surface area contributed by atoms with Gasteiger partial charge in [-0.15, -0.1) is 0 Å². The van der Waals surface area contributed by atoms with Gasteiger partial charge in [0.05, 0.1) is 11.7 Å². The Labute approximate surface area is 136 Å². The highest BCUT2D eigenvalue weighted by atomic mass is 16.3. The van der Waals surface area contributed by atoms with E-state index < -0.39 is 5.60 Å². The zero-order valence-electron chi connectivity index (χ0n) is 15.0. The largest absolute Gasteiger partial charge is 0.393 e. The second-order valence-corrected chi connectivity index (χ2v) is 9.34. The minimum absolute atomic E-state index is 0.0372. The molecule has 7 unspecified atom stereocenters. The van der Waals surface area contributed by atoms with Crippen LogP contribution in [-0.4, -0.2) is 21.9 Å². The lowest BCUT2D eigenvalue weighted by molar-refractivity contribution is -0.0695. The van der Waals surface area contributed by atoms with E-state index >= 15 is 0 Å². The second-order valence-electron chi connectivity index (χ2n) is 9.34. The molecule has 0 aromatic carbocycles. The van der Waals surface area contributed by atoms with Crippen molar-refractivity contribution in [2.75, 3.05) is 0 Å². The maximum atomic E-state index is 11.1. The van der Waals surface area contributed by atoms with Crippen molar-refractivity contribution in [2.45, 2.75) is 78.4 Å². The van der Waals surface area contributed by atoms with Crippen molar-refractivity contribution in [1.82, 2.24) is 0 Å². The van der Waals surface area contributed by atoms with Gasteiger partial charge in [-0.25, -0.2) is 0 Å². The molecule has 2 fully saturated rings. The molecular formula is C20H34O2. The van der Waals surface area contributed by atoms with Crippen molar-refractivity contribution in [3.8, 4) is 0 Å². The molecule has 0 bridgehead atoms. The molecule has 3 rings (SSSR count). The van der Waals surface area contributed by atoms with Crippen LogP contribution in [0, 0.1) is 35.0 Å². The molecule has 3 aliphatic carbocycles. The summed E-state index contributed by atoms with van der Waals surface area (Å²) in [5, 5.41) is 21.6. The van der Waals surface area contributed by atoms with Crippen molar-refractivity contribution >= 4 is 0 Å². The lowest BCUT2D eigenvalue weighted by atomic mass is 9.64. The summed E-state index contributed by atoms with van der Waals surface area (Å²) in [7, 11) is 0. The third-order valence-corrected chi connectivity index (χ3v) is 7.27. The van der Waals surface area contributed by atoms with Crippen LogP contribution in [0.3, 0.4) is 0 Å². The van der Waals surface area contributed by atoms with E-state index in [9.17, 15) is 10.2 Å². The molecule has 2 N–H and O–H groups in total. The molecule has 2 heteroatoms. The van der Waals surface area contributed by atoms with E-state index in [-0.39, 0.29) is 17.4 Å². The summed E-state index contributed by atoms with van der Waals surface area (Å²) >= 11 is 0. The third kappa shape index (κ3) is 2.47. The molecule has 0 aromatic heterocycles. The fourth-order valence-electron chi connectivity index (χ4n) is 6.05. The first-order valence-electron chi connectivity index (χ1n) is 9.27. The molecule has 0 amide bonds. The highest BCUT2D eigenvalue weighted by Gasteiger charge is 2.54. The monoisotopic (exact) mass is 306 g/mol. The average Bonchev–Trinajstić information content (AvgIpc) is 2.84. The first kappa shape index (κ1) is 16.5. The minimum atomic E-state index is -0.771. The molecule has 3 aliphatic rings. The van der Waals surface area contributed by atoms with Gasteiger partial charge in [0.2, 0.25) is 0 Å². The summed E-state index contributed by atoms with van der Waals surface area (Å²) < 4.78 is 0. The number of aliphatic hydroxyl groups is 2. The van der Waals surface area contributed by atoms with Crippen LogP contribution >= 0.6 is 0 Å². The number of allylic oxidation sites excluding steroid dienone is 1. The van der Waals surface area contributed by atoms with Crippen LogP contribution in [0.4, 0.5) is 0 Å². The molecule has 0 aliphatic heterocycles. The number of hydrogen-bond donors (Lipinski definition) is 2. The number of hydrogen-bond acceptors (Lipinski definition) is 2. The smallest absolute Gasteiger partial charge is 0.0709 e. The molecule has 22 heavy (non-hydrogen) atoms. The quantitative estimate of drug-likeness (QED) is 0.714. The van der Waals surface area contributed by atoms with Gasteiger partial charge < -0.3 is 10.2 Å². The maximum Gasteiger partial charge on any atom is 0.0709 e. The van der Waals surface area contributed by atoms with E-state index in [1.54, 1.807) is 5.57 Å². The molecule has 0 heterocycles. The first-order valence-corrected chi connectivity index (χ1v) is 9.27. The van der Waals surface area contributed by atoms with E-state index in [0.717, 1.165) is 12.8 Å². The topological polar surface area (TPSA) is 40.5 Å². The van der Waals surface area contributed by atoms with Gasteiger partial charge in [0.15, 0.2) is 0 Å². The minimum Gasteiger partial charge on any atom is -0.393 e. The van der Waals surface area contributed by atoms with Crippen molar-refractivity contribution in [1.29, 1.82) is 0 Å². The van der Waals surface area contributed by atoms with Gasteiger partial charge in [0.25, 0.3) is 0 Å². The van der Waals surface area contributed by atoms with Crippen molar-refractivity contribution in [2.24, 2.45) is 35.0 Å². The van der Waals surface area contributed by atoms with Gasteiger partial charge in [-0.3, -0.25) is 0 Å². The standard InChI is InChI=1S/C20H34O2/c1-12(2)14-6-8-19(4)11-15-13(3)10-17(21)18(15)20(5,22)9-7-16(14)19/h7,12-15,17-18,21-22H,6,8-11H2,1-5H3. The van der Waals surface area contributed by atoms with E-state index in [2.05, 4.69) is 33.8 Å². The Morgan fingerprint density at radius 1 is 1.27 bits per heavy atom. The Morgan fingerprint density at radius 2 is 1.95 bits per heavy atom. The summed E-state index contributed by atoms with van der Waals surface area (Å²) in [5.41, 5.74) is 1.12. The fourth-order valence-corrected chi connectivity index (χ4v) is 6.05. The predicted molar refractivity (Wildman–Crippen MR) is 90.4 cm³/mol. The molecule has 2 saturated carbocycles. The molecular weight excluding hydrogens is 272 g/mol. The molecule has 0 radical (unpaired) electrons. The maximum absolute atomic E-state index is 11.1. The molecule has 0 spiro atoms. The Bertz CT molecular complexity index is 464. The lowest BCUT2D eigenvalue weighted by Crippen LogP contribution is -2.45. The van der Waals surface area contributed by atoms with E-state index in [1.165, 1.54) is 12.8 Å². The summed E-state index contributed by atoms with van der Waals surface area (Å²) in [5.74, 6) is 2.36. The molecule has 2 nitrogen and oxygen atoms in total. The highest BCUT2D eigenvalue weighted by Crippen LogP contribution is 2.58. The summed E-state index contributed by atoms with van der Waals surface area (Å²) in [6, 6.07) is 0. The molecule has 126 valence electrons. The first-order chi connectivity index (χ1) is 10.2. The fraction of sp³-hybridized carbons (Fsp3) is 0.900. The van der Waals surface area contributed by atoms with Crippen LogP contribution < -0.4 is 0 Å². The van der Waals surface area contributed by atoms with Crippen LogP contribution in [-0.2, 0) is 0 Å². The lowest BCUT2D eigenvalue weighted by Gasteiger charge is -2.43. The van der Waals surface area contributed by atoms with Gasteiger partial charge >= 0.3 is 0 Å². The van der Waals surface area contributed by atoms with Crippen LogP contribution in [0.5, 0.6) is 0 Å². The van der Waals surface area contributed by atoms with Crippen LogP contribution in [0.15, 0.2) is 11.6 Å². The zero-order valence-corrected chi connectivity index (χ0v) is 15.0. The Kier molecular flexibility index (Phi) is 4.01. The number of aliphatic hydroxyl groups excluding tert-OH is 1. The highest BCUT2D eigenvalue weighted by molar-refractivity contribution is 5.25. The van der Waals surface area contributed by atoms with Crippen LogP contribution in [0.2, 0.25) is 0 Å². The Morgan fingerprint density at radius 3 is 2.59 bits per heavy atom. The van der Waals surface area contributed by atoms with Crippen molar-refractivity contribution in [3.63, 3.8) is 0 Å². The number of fused-ring (bicyclic) bond motifs is 2. The van der Waals surface area contributed by atoms with Gasteiger partial charge in [0.1, 0.15) is 0 Å². The SMILES string of the molecule is CC(C)C1CCC2(C)CC3C(C)CC(O)C3C(C)(O)CC=C12. The number of rotatable bonds is 1. The van der Waals surface area contributed by atoms with Gasteiger partial charge in [-0.2, -0.15) is 0 Å². The van der Waals surface area contributed by atoms with Gasteiger partial charge in [-0.1, -0.05) is 39.3 Å². The molecule has 0 aromatic rings. The Balaban J connectivity index is 2.01. The Hall–Kier alpha value is -0.340. The summed E-state index contributed by atoms with van der Waals surface area (Å²) in [6.45, 7) is 11.3. The molecule has 7 atom stereocenters. The molecule has 0 saturated heterocycles. The predicted octanol–water partition coefficient (Wildman–Crippen LogP) is 4.16. The van der Waals surface area contributed by atoms with Gasteiger partial charge in [0, 0.05) is 5.92 Å².